The SMILES string of the molecule is COc1ccc(CCOCC2CNCCO2)cc1OC. The highest BCUT2D eigenvalue weighted by Gasteiger charge is 2.13. The van der Waals surface area contributed by atoms with E-state index in [1.54, 1.807) is 14.2 Å². The molecule has 0 aromatic heterocycles. The molecule has 112 valence electrons. The first-order valence-corrected chi connectivity index (χ1v) is 6.94. The number of nitrogens with one attached hydrogen (secondary N) is 1. The third-order valence-corrected chi connectivity index (χ3v) is 3.29. The van der Waals surface area contributed by atoms with Gasteiger partial charge in [-0.1, -0.05) is 6.07 Å². The van der Waals surface area contributed by atoms with Crippen molar-refractivity contribution in [3.63, 3.8) is 0 Å². The van der Waals surface area contributed by atoms with E-state index < -0.39 is 0 Å². The van der Waals surface area contributed by atoms with Gasteiger partial charge in [-0.15, -0.1) is 0 Å². The van der Waals surface area contributed by atoms with Crippen molar-refractivity contribution in [1.82, 2.24) is 5.32 Å². The van der Waals surface area contributed by atoms with Crippen molar-refractivity contribution >= 4 is 0 Å². The minimum atomic E-state index is 0.175. The van der Waals surface area contributed by atoms with Crippen LogP contribution < -0.4 is 14.8 Å². The van der Waals surface area contributed by atoms with Gasteiger partial charge in [-0.3, -0.25) is 0 Å². The summed E-state index contributed by atoms with van der Waals surface area (Å²) < 4.78 is 21.7. The fraction of sp³-hybridized carbons (Fsp3) is 0.600. The molecule has 0 radical (unpaired) electrons. The zero-order valence-electron chi connectivity index (χ0n) is 12.2. The second-order valence-electron chi connectivity index (χ2n) is 4.71. The Balaban J connectivity index is 1.73. The lowest BCUT2D eigenvalue weighted by Crippen LogP contribution is -2.41. The van der Waals surface area contributed by atoms with Crippen LogP contribution in [0.2, 0.25) is 0 Å². The van der Waals surface area contributed by atoms with E-state index in [9.17, 15) is 0 Å². The molecular formula is C15H23NO4. The fourth-order valence-corrected chi connectivity index (χ4v) is 2.17. The smallest absolute Gasteiger partial charge is 0.160 e. The molecule has 1 aliphatic heterocycles. The Morgan fingerprint density at radius 2 is 2.10 bits per heavy atom. The monoisotopic (exact) mass is 281 g/mol. The molecular weight excluding hydrogens is 258 g/mol. The summed E-state index contributed by atoms with van der Waals surface area (Å²) in [6, 6.07) is 5.94. The second kappa shape index (κ2) is 8.09. The molecule has 1 aliphatic rings. The molecule has 1 heterocycles. The third-order valence-electron chi connectivity index (χ3n) is 3.29. The fourth-order valence-electron chi connectivity index (χ4n) is 2.17. The van der Waals surface area contributed by atoms with Gasteiger partial charge in [0.1, 0.15) is 0 Å². The summed E-state index contributed by atoms with van der Waals surface area (Å²) in [7, 11) is 3.28. The van der Waals surface area contributed by atoms with Gasteiger partial charge in [0, 0.05) is 13.1 Å². The molecule has 20 heavy (non-hydrogen) atoms. The Morgan fingerprint density at radius 3 is 2.80 bits per heavy atom. The minimum Gasteiger partial charge on any atom is -0.493 e. The normalized spacial score (nSPS) is 18.8. The van der Waals surface area contributed by atoms with Crippen LogP contribution in [0.25, 0.3) is 0 Å². The summed E-state index contributed by atoms with van der Waals surface area (Å²) in [5, 5.41) is 3.29. The maximum atomic E-state index is 5.67. The average molecular weight is 281 g/mol. The van der Waals surface area contributed by atoms with Crippen LogP contribution in [0.5, 0.6) is 11.5 Å². The molecule has 1 N–H and O–H groups in total. The van der Waals surface area contributed by atoms with E-state index in [2.05, 4.69) is 5.32 Å². The van der Waals surface area contributed by atoms with Gasteiger partial charge in [0.25, 0.3) is 0 Å². The molecule has 0 saturated carbocycles. The van der Waals surface area contributed by atoms with Crippen molar-refractivity contribution < 1.29 is 18.9 Å². The Labute approximate surface area is 120 Å². The van der Waals surface area contributed by atoms with E-state index in [0.717, 1.165) is 37.6 Å². The Kier molecular flexibility index (Phi) is 6.11. The lowest BCUT2D eigenvalue weighted by molar-refractivity contribution is -0.0307. The second-order valence-corrected chi connectivity index (χ2v) is 4.71. The molecule has 1 fully saturated rings. The van der Waals surface area contributed by atoms with Crippen LogP contribution in [-0.4, -0.2) is 53.2 Å². The number of morpholine rings is 1. The van der Waals surface area contributed by atoms with Crippen molar-refractivity contribution in [3.05, 3.63) is 23.8 Å². The van der Waals surface area contributed by atoms with Gasteiger partial charge in [-0.25, -0.2) is 0 Å². The number of ether oxygens (including phenoxy) is 4. The van der Waals surface area contributed by atoms with Gasteiger partial charge in [-0.05, 0) is 24.1 Å². The first kappa shape index (κ1) is 15.1. The lowest BCUT2D eigenvalue weighted by atomic mass is 10.1. The summed E-state index contributed by atoms with van der Waals surface area (Å²) >= 11 is 0. The summed E-state index contributed by atoms with van der Waals surface area (Å²) in [6.45, 7) is 3.89. The topological polar surface area (TPSA) is 49.0 Å². The predicted molar refractivity (Wildman–Crippen MR) is 76.7 cm³/mol. The largest absolute Gasteiger partial charge is 0.493 e. The van der Waals surface area contributed by atoms with E-state index >= 15 is 0 Å². The predicted octanol–water partition coefficient (Wildman–Crippen LogP) is 1.25. The van der Waals surface area contributed by atoms with Gasteiger partial charge >= 0.3 is 0 Å². The maximum absolute atomic E-state index is 5.67. The highest BCUT2D eigenvalue weighted by atomic mass is 16.5. The summed E-state index contributed by atoms with van der Waals surface area (Å²) in [5.74, 6) is 1.50. The molecule has 0 spiro atoms. The van der Waals surface area contributed by atoms with Crippen LogP contribution in [0.1, 0.15) is 5.56 Å². The molecule has 5 heteroatoms. The number of rotatable bonds is 7. The molecule has 1 aromatic rings. The molecule has 5 nitrogen and oxygen atoms in total. The Hall–Kier alpha value is -1.30. The maximum Gasteiger partial charge on any atom is 0.160 e. The number of hydrogen-bond donors (Lipinski definition) is 1. The first-order valence-electron chi connectivity index (χ1n) is 6.94. The van der Waals surface area contributed by atoms with E-state index in [-0.39, 0.29) is 6.10 Å². The van der Waals surface area contributed by atoms with Gasteiger partial charge < -0.3 is 24.3 Å². The first-order chi connectivity index (χ1) is 9.83. The Bertz CT molecular complexity index is 405. The molecule has 0 amide bonds. The molecule has 2 rings (SSSR count). The van der Waals surface area contributed by atoms with Crippen LogP contribution >= 0.6 is 0 Å². The van der Waals surface area contributed by atoms with Gasteiger partial charge in [0.05, 0.1) is 40.1 Å². The van der Waals surface area contributed by atoms with E-state index in [1.807, 2.05) is 18.2 Å². The van der Waals surface area contributed by atoms with E-state index in [4.69, 9.17) is 18.9 Å². The molecule has 1 unspecified atom stereocenters. The van der Waals surface area contributed by atoms with Gasteiger partial charge in [0.15, 0.2) is 11.5 Å². The van der Waals surface area contributed by atoms with Crippen LogP contribution in [-0.2, 0) is 15.9 Å². The van der Waals surface area contributed by atoms with Crippen molar-refractivity contribution in [2.24, 2.45) is 0 Å². The summed E-state index contributed by atoms with van der Waals surface area (Å²) in [4.78, 5) is 0. The van der Waals surface area contributed by atoms with E-state index in [1.165, 1.54) is 5.56 Å². The summed E-state index contributed by atoms with van der Waals surface area (Å²) in [5.41, 5.74) is 1.17. The van der Waals surface area contributed by atoms with Crippen molar-refractivity contribution in [2.45, 2.75) is 12.5 Å². The summed E-state index contributed by atoms with van der Waals surface area (Å²) in [6.07, 6.45) is 1.02. The van der Waals surface area contributed by atoms with Crippen LogP contribution in [0, 0.1) is 0 Å². The molecule has 1 saturated heterocycles. The molecule has 0 aliphatic carbocycles. The standard InChI is InChI=1S/C15H23NO4/c1-17-14-4-3-12(9-15(14)18-2)5-7-19-11-13-10-16-6-8-20-13/h3-4,9,13,16H,5-8,10-11H2,1-2H3. The highest BCUT2D eigenvalue weighted by Crippen LogP contribution is 2.27. The van der Waals surface area contributed by atoms with Gasteiger partial charge in [0.2, 0.25) is 0 Å². The van der Waals surface area contributed by atoms with E-state index in [0.29, 0.717) is 13.2 Å². The van der Waals surface area contributed by atoms with Crippen molar-refractivity contribution in [1.29, 1.82) is 0 Å². The molecule has 1 aromatic carbocycles. The lowest BCUT2D eigenvalue weighted by Gasteiger charge is -2.23. The van der Waals surface area contributed by atoms with Crippen molar-refractivity contribution in [2.75, 3.05) is 47.1 Å². The number of methoxy groups -OCH3 is 2. The molecule has 0 bridgehead atoms. The van der Waals surface area contributed by atoms with Crippen LogP contribution in [0.15, 0.2) is 18.2 Å². The Morgan fingerprint density at radius 1 is 1.25 bits per heavy atom. The van der Waals surface area contributed by atoms with Crippen molar-refractivity contribution in [3.8, 4) is 11.5 Å². The minimum absolute atomic E-state index is 0.175. The zero-order chi connectivity index (χ0) is 14.2. The van der Waals surface area contributed by atoms with Gasteiger partial charge in [-0.2, -0.15) is 0 Å². The number of benzene rings is 1. The number of hydrogen-bond acceptors (Lipinski definition) is 5. The third kappa shape index (κ3) is 4.37. The average Bonchev–Trinajstić information content (AvgIpc) is 2.52. The van der Waals surface area contributed by atoms with Crippen LogP contribution in [0.3, 0.4) is 0 Å². The quantitative estimate of drug-likeness (QED) is 0.762. The molecule has 1 atom stereocenters. The zero-order valence-corrected chi connectivity index (χ0v) is 12.2. The highest BCUT2D eigenvalue weighted by molar-refractivity contribution is 5.42. The van der Waals surface area contributed by atoms with Crippen LogP contribution in [0.4, 0.5) is 0 Å².